The molecule has 172 valence electrons. The molecule has 33 heavy (non-hydrogen) atoms. The van der Waals surface area contributed by atoms with Crippen LogP contribution < -0.4 is 9.47 Å². The molecular formula is C28H32N2O3. The Labute approximate surface area is 195 Å². The molecule has 0 amide bonds. The molecule has 5 heteroatoms. The predicted octanol–water partition coefficient (Wildman–Crippen LogP) is 5.60. The fourth-order valence-electron chi connectivity index (χ4n) is 4.44. The van der Waals surface area contributed by atoms with Gasteiger partial charge in [-0.05, 0) is 69.0 Å². The fraction of sp³-hybridized carbons (Fsp3) is 0.321. The molecule has 1 atom stereocenters. The summed E-state index contributed by atoms with van der Waals surface area (Å²) in [6.07, 6.45) is -0.693. The Balaban J connectivity index is 1.53. The van der Waals surface area contributed by atoms with Gasteiger partial charge >= 0.3 is 0 Å². The van der Waals surface area contributed by atoms with E-state index in [1.165, 1.54) is 5.56 Å². The number of hydrogen-bond donors (Lipinski definition) is 1. The number of imidazole rings is 1. The number of benzene rings is 3. The van der Waals surface area contributed by atoms with Gasteiger partial charge in [-0.25, -0.2) is 4.98 Å². The van der Waals surface area contributed by atoms with E-state index in [0.29, 0.717) is 13.2 Å². The van der Waals surface area contributed by atoms with Crippen molar-refractivity contribution < 1.29 is 14.6 Å². The Morgan fingerprint density at radius 3 is 2.15 bits per heavy atom. The van der Waals surface area contributed by atoms with Crippen LogP contribution in [0.25, 0.3) is 11.0 Å². The number of ether oxygens (including phenoxy) is 2. The number of aryl methyl sites for hydroxylation is 5. The highest BCUT2D eigenvalue weighted by Crippen LogP contribution is 2.26. The second kappa shape index (κ2) is 9.67. The minimum atomic E-state index is -0.693. The second-order valence-electron chi connectivity index (χ2n) is 8.83. The van der Waals surface area contributed by atoms with Crippen molar-refractivity contribution in [3.63, 3.8) is 0 Å². The van der Waals surface area contributed by atoms with E-state index in [2.05, 4.69) is 19.1 Å². The van der Waals surface area contributed by atoms with Gasteiger partial charge < -0.3 is 19.1 Å². The molecule has 4 aromatic rings. The molecule has 0 radical (unpaired) electrons. The van der Waals surface area contributed by atoms with Crippen molar-refractivity contribution in [1.82, 2.24) is 9.55 Å². The molecule has 0 aliphatic carbocycles. The number of para-hydroxylation sites is 3. The normalized spacial score (nSPS) is 12.2. The largest absolute Gasteiger partial charge is 0.490 e. The number of fused-ring (bicyclic) bond motifs is 1. The molecule has 0 saturated heterocycles. The number of hydrogen-bond acceptors (Lipinski definition) is 4. The van der Waals surface area contributed by atoms with Gasteiger partial charge in [0.05, 0.1) is 17.6 Å². The summed E-state index contributed by atoms with van der Waals surface area (Å²) in [5.74, 6) is 2.50. The van der Waals surface area contributed by atoms with Gasteiger partial charge in [0.15, 0.2) is 0 Å². The van der Waals surface area contributed by atoms with Gasteiger partial charge in [0.1, 0.15) is 36.6 Å². The highest BCUT2D eigenvalue weighted by atomic mass is 16.5. The van der Waals surface area contributed by atoms with Crippen LogP contribution in [-0.2, 0) is 13.2 Å². The second-order valence-corrected chi connectivity index (χ2v) is 8.83. The maximum atomic E-state index is 10.9. The summed E-state index contributed by atoms with van der Waals surface area (Å²) in [5, 5.41) is 10.9. The number of rotatable bonds is 8. The molecule has 1 aromatic heterocycles. The molecule has 0 saturated carbocycles. The number of aliphatic hydroxyl groups is 1. The topological polar surface area (TPSA) is 56.5 Å². The van der Waals surface area contributed by atoms with Crippen LogP contribution in [0.1, 0.15) is 33.6 Å². The first-order valence-corrected chi connectivity index (χ1v) is 11.4. The van der Waals surface area contributed by atoms with E-state index in [1.807, 2.05) is 74.7 Å². The molecule has 0 fully saturated rings. The number of aliphatic hydroxyl groups excluding tert-OH is 1. The summed E-state index contributed by atoms with van der Waals surface area (Å²) >= 11 is 0. The standard InChI is InChI=1S/C28H32N2O3/c1-18-13-21(4)28(22(5)14-18)32-16-23(31)15-30-25-12-7-6-11-24(25)29-26(30)17-33-27-19(2)9-8-10-20(27)3/h6-14,23,31H,15-17H2,1-5H3. The lowest BCUT2D eigenvalue weighted by Crippen LogP contribution is -2.25. The van der Waals surface area contributed by atoms with Crippen molar-refractivity contribution in [3.05, 3.63) is 88.2 Å². The molecule has 3 aromatic carbocycles. The van der Waals surface area contributed by atoms with Gasteiger partial charge in [-0.15, -0.1) is 0 Å². The number of aromatic nitrogens is 2. The van der Waals surface area contributed by atoms with Gasteiger partial charge in [-0.1, -0.05) is 48.0 Å². The van der Waals surface area contributed by atoms with E-state index in [9.17, 15) is 5.11 Å². The Morgan fingerprint density at radius 2 is 1.45 bits per heavy atom. The van der Waals surface area contributed by atoms with E-state index in [4.69, 9.17) is 14.5 Å². The van der Waals surface area contributed by atoms with Gasteiger partial charge in [-0.3, -0.25) is 0 Å². The van der Waals surface area contributed by atoms with Crippen molar-refractivity contribution >= 4 is 11.0 Å². The van der Waals surface area contributed by atoms with Gasteiger partial charge in [0.25, 0.3) is 0 Å². The molecule has 0 bridgehead atoms. The molecular weight excluding hydrogens is 412 g/mol. The predicted molar refractivity (Wildman–Crippen MR) is 132 cm³/mol. The van der Waals surface area contributed by atoms with Gasteiger partial charge in [-0.2, -0.15) is 0 Å². The fourth-order valence-corrected chi connectivity index (χ4v) is 4.44. The molecule has 1 N–H and O–H groups in total. The van der Waals surface area contributed by atoms with Crippen LogP contribution in [0.3, 0.4) is 0 Å². The van der Waals surface area contributed by atoms with Gasteiger partial charge in [0, 0.05) is 0 Å². The molecule has 1 heterocycles. The lowest BCUT2D eigenvalue weighted by molar-refractivity contribution is 0.0911. The molecule has 1 unspecified atom stereocenters. The van der Waals surface area contributed by atoms with Crippen molar-refractivity contribution in [2.24, 2.45) is 0 Å². The summed E-state index contributed by atoms with van der Waals surface area (Å²) in [7, 11) is 0. The Kier molecular flexibility index (Phi) is 6.70. The molecule has 0 aliphatic rings. The third-order valence-corrected chi connectivity index (χ3v) is 5.91. The van der Waals surface area contributed by atoms with E-state index < -0.39 is 6.10 Å². The Bertz CT molecular complexity index is 1230. The van der Waals surface area contributed by atoms with Crippen LogP contribution in [-0.4, -0.2) is 27.4 Å². The quantitative estimate of drug-likeness (QED) is 0.384. The van der Waals surface area contributed by atoms with Crippen molar-refractivity contribution in [3.8, 4) is 11.5 Å². The van der Waals surface area contributed by atoms with Crippen LogP contribution in [0.5, 0.6) is 11.5 Å². The summed E-state index contributed by atoms with van der Waals surface area (Å²) in [4.78, 5) is 4.78. The maximum Gasteiger partial charge on any atom is 0.148 e. The first-order valence-electron chi connectivity index (χ1n) is 11.4. The smallest absolute Gasteiger partial charge is 0.148 e. The number of nitrogens with zero attached hydrogens (tertiary/aromatic N) is 2. The highest BCUT2D eigenvalue weighted by molar-refractivity contribution is 5.75. The Hall–Kier alpha value is -3.31. The minimum absolute atomic E-state index is 0.203. The molecule has 4 rings (SSSR count). The minimum Gasteiger partial charge on any atom is -0.490 e. The Morgan fingerprint density at radius 1 is 0.818 bits per heavy atom. The summed E-state index contributed by atoms with van der Waals surface area (Å²) in [5.41, 5.74) is 7.41. The zero-order chi connectivity index (χ0) is 23.5. The zero-order valence-corrected chi connectivity index (χ0v) is 20.1. The van der Waals surface area contributed by atoms with Crippen LogP contribution in [0.2, 0.25) is 0 Å². The third kappa shape index (κ3) is 5.04. The van der Waals surface area contributed by atoms with Crippen LogP contribution >= 0.6 is 0 Å². The van der Waals surface area contributed by atoms with E-state index >= 15 is 0 Å². The molecule has 5 nitrogen and oxygen atoms in total. The monoisotopic (exact) mass is 444 g/mol. The van der Waals surface area contributed by atoms with E-state index in [1.54, 1.807) is 0 Å². The van der Waals surface area contributed by atoms with Gasteiger partial charge in [0.2, 0.25) is 0 Å². The van der Waals surface area contributed by atoms with E-state index in [-0.39, 0.29) is 6.61 Å². The third-order valence-electron chi connectivity index (χ3n) is 5.91. The van der Waals surface area contributed by atoms with Crippen LogP contribution in [0.15, 0.2) is 54.6 Å². The van der Waals surface area contributed by atoms with Crippen LogP contribution in [0, 0.1) is 34.6 Å². The highest BCUT2D eigenvalue weighted by Gasteiger charge is 2.17. The summed E-state index contributed by atoms with van der Waals surface area (Å²) in [6, 6.07) is 18.3. The average Bonchev–Trinajstić information content (AvgIpc) is 3.10. The van der Waals surface area contributed by atoms with Crippen molar-refractivity contribution in [1.29, 1.82) is 0 Å². The average molecular weight is 445 g/mol. The maximum absolute atomic E-state index is 10.9. The molecule has 0 spiro atoms. The van der Waals surface area contributed by atoms with Crippen molar-refractivity contribution in [2.45, 2.75) is 53.9 Å². The lowest BCUT2D eigenvalue weighted by atomic mass is 10.1. The summed E-state index contributed by atoms with van der Waals surface area (Å²) < 4.78 is 14.2. The van der Waals surface area contributed by atoms with E-state index in [0.717, 1.165) is 50.6 Å². The summed E-state index contributed by atoms with van der Waals surface area (Å²) in [6.45, 7) is 11.1. The van der Waals surface area contributed by atoms with Crippen LogP contribution in [0.4, 0.5) is 0 Å². The first kappa shape index (κ1) is 22.9. The lowest BCUT2D eigenvalue weighted by Gasteiger charge is -2.18. The SMILES string of the molecule is Cc1cc(C)c(OCC(O)Cn2c(COc3c(C)cccc3C)nc3ccccc32)c(C)c1. The zero-order valence-electron chi connectivity index (χ0n) is 20.1. The van der Waals surface area contributed by atoms with Crippen molar-refractivity contribution in [2.75, 3.05) is 6.61 Å². The molecule has 0 aliphatic heterocycles. The first-order chi connectivity index (χ1) is 15.8.